The lowest BCUT2D eigenvalue weighted by atomic mass is 10.1. The molecule has 2 amide bonds. The van der Waals surface area contributed by atoms with Crippen LogP contribution in [0, 0.1) is 5.92 Å². The molecule has 0 unspecified atom stereocenters. The molecule has 1 aromatic rings. The summed E-state index contributed by atoms with van der Waals surface area (Å²) in [6.07, 6.45) is 3.85. The molecule has 0 spiro atoms. The molecule has 0 saturated heterocycles. The molecule has 0 fully saturated rings. The molecule has 0 aromatic carbocycles. The van der Waals surface area contributed by atoms with Crippen LogP contribution in [0.15, 0.2) is 18.5 Å². The summed E-state index contributed by atoms with van der Waals surface area (Å²) in [5, 5.41) is 5.60. The molecule has 0 bridgehead atoms. The minimum absolute atomic E-state index is 0.0472. The first-order valence-electron chi connectivity index (χ1n) is 6.94. The molecule has 1 heterocycles. The smallest absolute Gasteiger partial charge is 0.253 e. The number of pyridine rings is 1. The van der Waals surface area contributed by atoms with E-state index in [-0.39, 0.29) is 17.9 Å². The van der Waals surface area contributed by atoms with Crippen LogP contribution in [0.3, 0.4) is 0 Å². The van der Waals surface area contributed by atoms with E-state index in [0.29, 0.717) is 23.6 Å². The van der Waals surface area contributed by atoms with Crippen LogP contribution in [0.1, 0.15) is 54.8 Å². The highest BCUT2D eigenvalue weighted by Gasteiger charge is 2.11. The first kappa shape index (κ1) is 16.1. The van der Waals surface area contributed by atoms with E-state index in [1.54, 1.807) is 6.07 Å². The maximum absolute atomic E-state index is 11.9. The lowest BCUT2D eigenvalue weighted by Gasteiger charge is -2.10. The van der Waals surface area contributed by atoms with E-state index in [9.17, 15) is 9.59 Å². The van der Waals surface area contributed by atoms with E-state index in [4.69, 9.17) is 0 Å². The minimum atomic E-state index is -0.218. The standard InChI is InChI=1S/C15H23N3O2/c1-10(2)5-6-17-14(19)12-7-13(9-16-8-12)15(20)18-11(3)4/h7-11H,5-6H2,1-4H3,(H,17,19)(H,18,20). The van der Waals surface area contributed by atoms with Gasteiger partial charge in [-0.25, -0.2) is 0 Å². The average Bonchev–Trinajstić information content (AvgIpc) is 2.37. The number of rotatable bonds is 6. The Bertz CT molecular complexity index is 470. The van der Waals surface area contributed by atoms with Crippen molar-refractivity contribution in [1.82, 2.24) is 15.6 Å². The van der Waals surface area contributed by atoms with Crippen molar-refractivity contribution < 1.29 is 9.59 Å². The average molecular weight is 277 g/mol. The topological polar surface area (TPSA) is 71.1 Å². The van der Waals surface area contributed by atoms with Gasteiger partial charge in [0.1, 0.15) is 0 Å². The maximum atomic E-state index is 11.9. The molecule has 5 heteroatoms. The summed E-state index contributed by atoms with van der Waals surface area (Å²) in [5.41, 5.74) is 0.806. The zero-order valence-corrected chi connectivity index (χ0v) is 12.6. The second-order valence-corrected chi connectivity index (χ2v) is 5.53. The van der Waals surface area contributed by atoms with Gasteiger partial charge in [-0.2, -0.15) is 0 Å². The van der Waals surface area contributed by atoms with Crippen molar-refractivity contribution in [1.29, 1.82) is 0 Å². The lowest BCUT2D eigenvalue weighted by molar-refractivity contribution is 0.0942. The summed E-state index contributed by atoms with van der Waals surface area (Å²) in [4.78, 5) is 27.7. The molecule has 0 radical (unpaired) electrons. The van der Waals surface area contributed by atoms with Gasteiger partial charge in [0.15, 0.2) is 0 Å². The first-order chi connectivity index (χ1) is 9.40. The van der Waals surface area contributed by atoms with Crippen LogP contribution < -0.4 is 10.6 Å². The number of carbonyl (C=O) groups is 2. The number of carbonyl (C=O) groups excluding carboxylic acids is 2. The monoisotopic (exact) mass is 277 g/mol. The Labute approximate surface area is 120 Å². The maximum Gasteiger partial charge on any atom is 0.253 e. The first-order valence-corrected chi connectivity index (χ1v) is 6.94. The van der Waals surface area contributed by atoms with Crippen LogP contribution in [-0.2, 0) is 0 Å². The quantitative estimate of drug-likeness (QED) is 0.835. The van der Waals surface area contributed by atoms with Crippen LogP contribution in [0.4, 0.5) is 0 Å². The Kier molecular flexibility index (Phi) is 6.15. The van der Waals surface area contributed by atoms with Crippen LogP contribution in [0.25, 0.3) is 0 Å². The Morgan fingerprint density at radius 2 is 1.70 bits per heavy atom. The molecule has 0 aliphatic rings. The van der Waals surface area contributed by atoms with Gasteiger partial charge in [0.2, 0.25) is 0 Å². The predicted molar refractivity (Wildman–Crippen MR) is 78.6 cm³/mol. The van der Waals surface area contributed by atoms with Gasteiger partial charge in [-0.3, -0.25) is 14.6 Å². The van der Waals surface area contributed by atoms with E-state index < -0.39 is 0 Å². The van der Waals surface area contributed by atoms with Crippen molar-refractivity contribution >= 4 is 11.8 Å². The highest BCUT2D eigenvalue weighted by Crippen LogP contribution is 2.04. The molecule has 0 atom stereocenters. The number of nitrogens with zero attached hydrogens (tertiary/aromatic N) is 1. The Balaban J connectivity index is 2.67. The fraction of sp³-hybridized carbons (Fsp3) is 0.533. The number of hydrogen-bond acceptors (Lipinski definition) is 3. The molecule has 1 aromatic heterocycles. The largest absolute Gasteiger partial charge is 0.352 e. The third-order valence-corrected chi connectivity index (χ3v) is 2.69. The second kappa shape index (κ2) is 7.62. The fourth-order valence-electron chi connectivity index (χ4n) is 1.61. The van der Waals surface area contributed by atoms with Gasteiger partial charge in [-0.15, -0.1) is 0 Å². The third kappa shape index (κ3) is 5.38. The van der Waals surface area contributed by atoms with Crippen molar-refractivity contribution in [2.45, 2.75) is 40.2 Å². The van der Waals surface area contributed by atoms with Crippen molar-refractivity contribution in [3.8, 4) is 0 Å². The van der Waals surface area contributed by atoms with Gasteiger partial charge in [-0.1, -0.05) is 13.8 Å². The van der Waals surface area contributed by atoms with Gasteiger partial charge in [0, 0.05) is 25.0 Å². The number of hydrogen-bond donors (Lipinski definition) is 2. The summed E-state index contributed by atoms with van der Waals surface area (Å²) in [5.74, 6) is 0.123. The molecular weight excluding hydrogens is 254 g/mol. The third-order valence-electron chi connectivity index (χ3n) is 2.69. The van der Waals surface area contributed by atoms with E-state index in [1.165, 1.54) is 12.4 Å². The van der Waals surface area contributed by atoms with Crippen LogP contribution in [-0.4, -0.2) is 29.4 Å². The van der Waals surface area contributed by atoms with Gasteiger partial charge < -0.3 is 10.6 Å². The minimum Gasteiger partial charge on any atom is -0.352 e. The fourth-order valence-corrected chi connectivity index (χ4v) is 1.61. The summed E-state index contributed by atoms with van der Waals surface area (Å²) in [6.45, 7) is 8.59. The zero-order valence-electron chi connectivity index (χ0n) is 12.6. The van der Waals surface area contributed by atoms with Gasteiger partial charge in [0.05, 0.1) is 11.1 Å². The predicted octanol–water partition coefficient (Wildman–Crippen LogP) is 2.00. The molecule has 5 nitrogen and oxygen atoms in total. The molecule has 110 valence electrons. The van der Waals surface area contributed by atoms with Crippen molar-refractivity contribution in [3.05, 3.63) is 29.6 Å². The molecule has 0 saturated carbocycles. The second-order valence-electron chi connectivity index (χ2n) is 5.53. The van der Waals surface area contributed by atoms with E-state index in [1.807, 2.05) is 13.8 Å². The van der Waals surface area contributed by atoms with E-state index >= 15 is 0 Å². The summed E-state index contributed by atoms with van der Waals surface area (Å²) in [7, 11) is 0. The normalized spacial score (nSPS) is 10.7. The molecule has 0 aliphatic carbocycles. The highest BCUT2D eigenvalue weighted by atomic mass is 16.2. The highest BCUT2D eigenvalue weighted by molar-refractivity contribution is 5.99. The Hall–Kier alpha value is -1.91. The van der Waals surface area contributed by atoms with Crippen molar-refractivity contribution in [2.24, 2.45) is 5.92 Å². The molecule has 20 heavy (non-hydrogen) atoms. The van der Waals surface area contributed by atoms with Gasteiger partial charge in [0.25, 0.3) is 11.8 Å². The molecule has 0 aliphatic heterocycles. The van der Waals surface area contributed by atoms with Crippen molar-refractivity contribution in [2.75, 3.05) is 6.54 Å². The van der Waals surface area contributed by atoms with Crippen LogP contribution in [0.5, 0.6) is 0 Å². The summed E-state index contributed by atoms with van der Waals surface area (Å²) in [6, 6.07) is 1.61. The van der Waals surface area contributed by atoms with Crippen LogP contribution >= 0.6 is 0 Å². The van der Waals surface area contributed by atoms with Crippen molar-refractivity contribution in [3.63, 3.8) is 0 Å². The summed E-state index contributed by atoms with van der Waals surface area (Å²) >= 11 is 0. The molecule has 2 N–H and O–H groups in total. The van der Waals surface area contributed by atoms with E-state index in [2.05, 4.69) is 29.5 Å². The number of amides is 2. The zero-order chi connectivity index (χ0) is 15.1. The van der Waals surface area contributed by atoms with E-state index in [0.717, 1.165) is 6.42 Å². The SMILES string of the molecule is CC(C)CCNC(=O)c1cncc(C(=O)NC(C)C)c1. The van der Waals surface area contributed by atoms with Gasteiger partial charge >= 0.3 is 0 Å². The molecular formula is C15H23N3O2. The van der Waals surface area contributed by atoms with Crippen LogP contribution in [0.2, 0.25) is 0 Å². The summed E-state index contributed by atoms with van der Waals surface area (Å²) < 4.78 is 0. The Morgan fingerprint density at radius 1 is 1.10 bits per heavy atom. The number of aromatic nitrogens is 1. The van der Waals surface area contributed by atoms with Gasteiger partial charge in [-0.05, 0) is 32.3 Å². The Morgan fingerprint density at radius 3 is 2.25 bits per heavy atom. The lowest BCUT2D eigenvalue weighted by Crippen LogP contribution is -2.31. The molecule has 1 rings (SSSR count). The number of nitrogens with one attached hydrogen (secondary N) is 2.